The van der Waals surface area contributed by atoms with Crippen molar-refractivity contribution in [3.8, 4) is 5.75 Å². The van der Waals surface area contributed by atoms with Crippen molar-refractivity contribution in [1.29, 1.82) is 0 Å². The molecule has 0 saturated heterocycles. The summed E-state index contributed by atoms with van der Waals surface area (Å²) in [4.78, 5) is 0. The van der Waals surface area contributed by atoms with Gasteiger partial charge >= 0.3 is 0 Å². The lowest BCUT2D eigenvalue weighted by molar-refractivity contribution is 0.286. The van der Waals surface area contributed by atoms with Crippen LogP contribution in [0.5, 0.6) is 5.75 Å². The monoisotopic (exact) mass is 191 g/mol. The lowest BCUT2D eigenvalue weighted by Crippen LogP contribution is -2.12. The average molecular weight is 191 g/mol. The normalized spacial score (nSPS) is 17.1. The minimum atomic E-state index is 0.112. The van der Waals surface area contributed by atoms with Crippen molar-refractivity contribution in [3.05, 3.63) is 28.8 Å². The fourth-order valence-corrected chi connectivity index (χ4v) is 1.97. The molecule has 76 valence electrons. The number of nitrogens with two attached hydrogens (primary N) is 1. The summed E-state index contributed by atoms with van der Waals surface area (Å²) in [6.45, 7) is 4.96. The second kappa shape index (κ2) is 3.62. The predicted octanol–water partition coefficient (Wildman–Crippen LogP) is 2.34. The quantitative estimate of drug-likeness (QED) is 0.739. The fourth-order valence-electron chi connectivity index (χ4n) is 1.97. The highest BCUT2D eigenvalue weighted by atomic mass is 16.5. The van der Waals surface area contributed by atoms with E-state index in [0.29, 0.717) is 0 Å². The van der Waals surface area contributed by atoms with Crippen molar-refractivity contribution in [2.24, 2.45) is 5.73 Å². The Morgan fingerprint density at radius 3 is 2.93 bits per heavy atom. The molecule has 1 atom stereocenters. The van der Waals surface area contributed by atoms with Gasteiger partial charge < -0.3 is 10.5 Å². The first-order valence-corrected chi connectivity index (χ1v) is 5.20. The Labute approximate surface area is 85.1 Å². The maximum atomic E-state index is 5.87. The van der Waals surface area contributed by atoms with Crippen molar-refractivity contribution < 1.29 is 4.74 Å². The number of rotatable bonds is 1. The van der Waals surface area contributed by atoms with Crippen molar-refractivity contribution in [2.45, 2.75) is 32.7 Å². The molecule has 14 heavy (non-hydrogen) atoms. The molecule has 1 aromatic carbocycles. The molecule has 0 bridgehead atoms. The molecule has 2 rings (SSSR count). The predicted molar refractivity (Wildman–Crippen MR) is 57.6 cm³/mol. The van der Waals surface area contributed by atoms with Crippen molar-refractivity contribution in [1.82, 2.24) is 0 Å². The zero-order valence-corrected chi connectivity index (χ0v) is 8.84. The molecule has 0 radical (unpaired) electrons. The molecule has 2 nitrogen and oxygen atoms in total. The molecule has 0 amide bonds. The van der Waals surface area contributed by atoms with Crippen LogP contribution in [0.3, 0.4) is 0 Å². The van der Waals surface area contributed by atoms with E-state index in [2.05, 4.69) is 19.1 Å². The maximum absolute atomic E-state index is 5.87. The van der Waals surface area contributed by atoms with Crippen LogP contribution in [-0.4, -0.2) is 6.61 Å². The van der Waals surface area contributed by atoms with E-state index >= 15 is 0 Å². The topological polar surface area (TPSA) is 35.2 Å². The molecule has 0 spiro atoms. The highest BCUT2D eigenvalue weighted by molar-refractivity contribution is 5.45. The van der Waals surface area contributed by atoms with Crippen LogP contribution in [0.15, 0.2) is 12.1 Å². The Hall–Kier alpha value is -1.02. The van der Waals surface area contributed by atoms with E-state index in [1.54, 1.807) is 0 Å². The zero-order valence-electron chi connectivity index (χ0n) is 8.84. The summed E-state index contributed by atoms with van der Waals surface area (Å²) in [6.07, 6.45) is 2.24. The van der Waals surface area contributed by atoms with Crippen LogP contribution in [-0.2, 0) is 6.42 Å². The molecule has 0 saturated carbocycles. The third kappa shape index (κ3) is 1.62. The van der Waals surface area contributed by atoms with Crippen LogP contribution in [0.4, 0.5) is 0 Å². The van der Waals surface area contributed by atoms with E-state index in [1.807, 2.05) is 6.92 Å². The summed E-state index contributed by atoms with van der Waals surface area (Å²) < 4.78 is 5.65. The van der Waals surface area contributed by atoms with Gasteiger partial charge in [0.2, 0.25) is 0 Å². The smallest absolute Gasteiger partial charge is 0.125 e. The SMILES string of the molecule is Cc1cc([C@H](C)N)cc2c1OCCC2. The van der Waals surface area contributed by atoms with Crippen LogP contribution >= 0.6 is 0 Å². The zero-order chi connectivity index (χ0) is 10.1. The lowest BCUT2D eigenvalue weighted by Gasteiger charge is -2.21. The Morgan fingerprint density at radius 1 is 1.43 bits per heavy atom. The molecule has 1 aromatic rings. The van der Waals surface area contributed by atoms with Gasteiger partial charge in [-0.1, -0.05) is 12.1 Å². The van der Waals surface area contributed by atoms with Crippen LogP contribution in [0.2, 0.25) is 0 Å². The minimum Gasteiger partial charge on any atom is -0.493 e. The molecule has 1 aliphatic rings. The largest absolute Gasteiger partial charge is 0.493 e. The van der Waals surface area contributed by atoms with E-state index < -0.39 is 0 Å². The van der Waals surface area contributed by atoms with E-state index in [0.717, 1.165) is 25.2 Å². The number of ether oxygens (including phenoxy) is 1. The van der Waals surface area contributed by atoms with E-state index in [1.165, 1.54) is 16.7 Å². The van der Waals surface area contributed by atoms with Crippen molar-refractivity contribution in [3.63, 3.8) is 0 Å². The molecule has 0 fully saturated rings. The number of fused-ring (bicyclic) bond motifs is 1. The van der Waals surface area contributed by atoms with Crippen LogP contribution in [0, 0.1) is 6.92 Å². The third-order valence-electron chi connectivity index (χ3n) is 2.74. The lowest BCUT2D eigenvalue weighted by atomic mass is 9.97. The molecule has 0 aromatic heterocycles. The minimum absolute atomic E-state index is 0.112. The Balaban J connectivity index is 2.46. The number of benzene rings is 1. The molecule has 2 N–H and O–H groups in total. The first kappa shape index (κ1) is 9.53. The van der Waals surface area contributed by atoms with E-state index in [4.69, 9.17) is 10.5 Å². The van der Waals surface area contributed by atoms with Crippen LogP contribution in [0.25, 0.3) is 0 Å². The molecular formula is C12H17NO. The Kier molecular flexibility index (Phi) is 2.46. The Bertz CT molecular complexity index is 344. The Morgan fingerprint density at radius 2 is 2.21 bits per heavy atom. The van der Waals surface area contributed by atoms with E-state index in [-0.39, 0.29) is 6.04 Å². The van der Waals surface area contributed by atoms with Gasteiger partial charge in [0.1, 0.15) is 5.75 Å². The summed E-state index contributed by atoms with van der Waals surface area (Å²) in [7, 11) is 0. The third-order valence-corrected chi connectivity index (χ3v) is 2.74. The van der Waals surface area contributed by atoms with E-state index in [9.17, 15) is 0 Å². The standard InChI is InChI=1S/C12H17NO/c1-8-6-11(9(2)13)7-10-4-3-5-14-12(8)10/h6-7,9H,3-5,13H2,1-2H3/t9-/m0/s1. The van der Waals surface area contributed by atoms with Crippen LogP contribution in [0.1, 0.15) is 36.1 Å². The summed E-state index contributed by atoms with van der Waals surface area (Å²) >= 11 is 0. The molecule has 1 heterocycles. The van der Waals surface area contributed by atoms with Crippen molar-refractivity contribution >= 4 is 0 Å². The van der Waals surface area contributed by atoms with Gasteiger partial charge in [-0.3, -0.25) is 0 Å². The molecular weight excluding hydrogens is 174 g/mol. The summed E-state index contributed by atoms with van der Waals surface area (Å²) in [5.74, 6) is 1.08. The second-order valence-corrected chi connectivity index (χ2v) is 4.07. The molecule has 1 aliphatic heterocycles. The van der Waals surface area contributed by atoms with Gasteiger partial charge in [0.15, 0.2) is 0 Å². The molecule has 0 aliphatic carbocycles. The first-order valence-electron chi connectivity index (χ1n) is 5.20. The highest BCUT2D eigenvalue weighted by Gasteiger charge is 2.14. The highest BCUT2D eigenvalue weighted by Crippen LogP contribution is 2.31. The molecule has 0 unspecified atom stereocenters. The number of hydrogen-bond donors (Lipinski definition) is 1. The summed E-state index contributed by atoms with van der Waals surface area (Å²) in [5, 5.41) is 0. The van der Waals surface area contributed by atoms with Gasteiger partial charge in [-0.2, -0.15) is 0 Å². The van der Waals surface area contributed by atoms with Gasteiger partial charge in [-0.15, -0.1) is 0 Å². The van der Waals surface area contributed by atoms with Gasteiger partial charge in [0.25, 0.3) is 0 Å². The van der Waals surface area contributed by atoms with Gasteiger partial charge in [-0.25, -0.2) is 0 Å². The molecule has 2 heteroatoms. The average Bonchev–Trinajstić information content (AvgIpc) is 2.17. The maximum Gasteiger partial charge on any atom is 0.125 e. The second-order valence-electron chi connectivity index (χ2n) is 4.07. The summed E-state index contributed by atoms with van der Waals surface area (Å²) in [6, 6.07) is 4.43. The van der Waals surface area contributed by atoms with Gasteiger partial charge in [0.05, 0.1) is 6.61 Å². The number of hydrogen-bond acceptors (Lipinski definition) is 2. The van der Waals surface area contributed by atoms with Gasteiger partial charge in [-0.05, 0) is 43.4 Å². The van der Waals surface area contributed by atoms with Crippen LogP contribution < -0.4 is 10.5 Å². The first-order chi connectivity index (χ1) is 6.68. The fraction of sp³-hybridized carbons (Fsp3) is 0.500. The van der Waals surface area contributed by atoms with Crippen molar-refractivity contribution in [2.75, 3.05) is 6.61 Å². The van der Waals surface area contributed by atoms with Gasteiger partial charge in [0, 0.05) is 6.04 Å². The number of aryl methyl sites for hydroxylation is 2. The summed E-state index contributed by atoms with van der Waals surface area (Å²) in [5.41, 5.74) is 9.63.